The lowest BCUT2D eigenvalue weighted by Gasteiger charge is -2.37. The molecule has 0 unspecified atom stereocenters. The van der Waals surface area contributed by atoms with Gasteiger partial charge in [0.2, 0.25) is 5.96 Å². The highest BCUT2D eigenvalue weighted by molar-refractivity contribution is 5.99. The number of amides is 2. The molecule has 8 nitrogen and oxygen atoms in total. The number of nitrogens with zero attached hydrogens (tertiary/aromatic N) is 3. The van der Waals surface area contributed by atoms with Crippen molar-refractivity contribution in [3.63, 3.8) is 0 Å². The maximum atomic E-state index is 14.3. The molecule has 172 valence electrons. The van der Waals surface area contributed by atoms with Crippen molar-refractivity contribution in [1.82, 2.24) is 10.2 Å². The second kappa shape index (κ2) is 9.53. The number of hydrogen-bond donors (Lipinski definition) is 1. The summed E-state index contributed by atoms with van der Waals surface area (Å²) in [6.07, 6.45) is -1.53. The van der Waals surface area contributed by atoms with Gasteiger partial charge in [-0.1, -0.05) is 6.07 Å². The first kappa shape index (κ1) is 24.4. The van der Waals surface area contributed by atoms with E-state index in [1.54, 1.807) is 52.5 Å². The molecule has 0 spiro atoms. The van der Waals surface area contributed by atoms with Crippen LogP contribution in [0.1, 0.15) is 47.1 Å². The van der Waals surface area contributed by atoms with Crippen molar-refractivity contribution >= 4 is 23.8 Å². The molecule has 1 fully saturated rings. The van der Waals surface area contributed by atoms with Gasteiger partial charge in [0.1, 0.15) is 17.0 Å². The van der Waals surface area contributed by atoms with E-state index in [2.05, 4.69) is 10.3 Å². The smallest absolute Gasteiger partial charge is 0.437 e. The first-order valence-corrected chi connectivity index (χ1v) is 10.3. The van der Waals surface area contributed by atoms with Crippen molar-refractivity contribution in [2.75, 3.05) is 31.1 Å². The molecule has 1 aliphatic heterocycles. The summed E-state index contributed by atoms with van der Waals surface area (Å²) in [4.78, 5) is 32.2. The zero-order chi connectivity index (χ0) is 23.4. The Kier molecular flexibility index (Phi) is 7.51. The maximum Gasteiger partial charge on any atom is 0.437 e. The van der Waals surface area contributed by atoms with Crippen LogP contribution in [0.3, 0.4) is 0 Å². The molecule has 0 saturated carbocycles. The zero-order valence-electron chi connectivity index (χ0n) is 19.4. The number of nitrogens with one attached hydrogen (secondary N) is 1. The average Bonchev–Trinajstić information content (AvgIpc) is 2.58. The Morgan fingerprint density at radius 2 is 1.58 bits per heavy atom. The van der Waals surface area contributed by atoms with Crippen molar-refractivity contribution in [3.05, 3.63) is 29.6 Å². The Morgan fingerprint density at radius 1 is 1.00 bits per heavy atom. The van der Waals surface area contributed by atoms with Crippen molar-refractivity contribution in [3.8, 4) is 0 Å². The molecule has 1 heterocycles. The summed E-state index contributed by atoms with van der Waals surface area (Å²) in [6.45, 7) is 14.1. The number of benzene rings is 1. The number of aliphatic imine (C=N–C) groups is 1. The molecule has 0 radical (unpaired) electrons. The number of anilines is 1. The van der Waals surface area contributed by atoms with Crippen molar-refractivity contribution in [2.24, 2.45) is 4.99 Å². The summed E-state index contributed by atoms with van der Waals surface area (Å²) >= 11 is 0. The molecule has 0 aliphatic carbocycles. The lowest BCUT2D eigenvalue weighted by Crippen LogP contribution is -2.54. The van der Waals surface area contributed by atoms with E-state index in [1.165, 1.54) is 6.07 Å². The van der Waals surface area contributed by atoms with E-state index in [0.717, 1.165) is 5.56 Å². The molecular formula is C22H33FN4O4. The lowest BCUT2D eigenvalue weighted by molar-refractivity contribution is 0.0554. The normalized spacial score (nSPS) is 15.5. The monoisotopic (exact) mass is 436 g/mol. The predicted octanol–water partition coefficient (Wildman–Crippen LogP) is 4.07. The highest BCUT2D eigenvalue weighted by Crippen LogP contribution is 2.22. The summed E-state index contributed by atoms with van der Waals surface area (Å²) in [5.41, 5.74) is -0.0496. The summed E-state index contributed by atoms with van der Waals surface area (Å²) in [5, 5.41) is 2.55. The minimum atomic E-state index is -0.814. The van der Waals surface area contributed by atoms with Crippen LogP contribution in [0.5, 0.6) is 0 Å². The highest BCUT2D eigenvalue weighted by Gasteiger charge is 2.26. The van der Waals surface area contributed by atoms with Crippen LogP contribution in [0.2, 0.25) is 0 Å². The minimum Gasteiger partial charge on any atom is -0.444 e. The number of ether oxygens (including phenoxy) is 2. The van der Waals surface area contributed by atoms with E-state index in [1.807, 2.05) is 17.9 Å². The fourth-order valence-electron chi connectivity index (χ4n) is 2.97. The number of halogens is 1. The third kappa shape index (κ3) is 8.07. The number of piperazine rings is 1. The van der Waals surface area contributed by atoms with Crippen molar-refractivity contribution in [1.29, 1.82) is 0 Å². The molecule has 0 aromatic heterocycles. The number of carbonyl (C=O) groups excluding carboxylic acids is 2. The van der Waals surface area contributed by atoms with Gasteiger partial charge in [-0.2, -0.15) is 0 Å². The maximum absolute atomic E-state index is 14.3. The standard InChI is InChI=1S/C22H33FN4O4/c1-15-8-9-17(16(23)14-15)26-10-12-27(13-11-26)18(24-19(28)30-21(2,3)4)25-20(29)31-22(5,6)7/h8-9,14H,10-13H2,1-7H3,(H,24,25,28,29). The number of rotatable bonds is 1. The van der Waals surface area contributed by atoms with Crippen LogP contribution in [0, 0.1) is 12.7 Å². The van der Waals surface area contributed by atoms with Gasteiger partial charge in [0.25, 0.3) is 0 Å². The molecule has 1 saturated heterocycles. The van der Waals surface area contributed by atoms with E-state index in [0.29, 0.717) is 31.9 Å². The second-order valence-corrected chi connectivity index (χ2v) is 9.47. The van der Waals surface area contributed by atoms with Gasteiger partial charge < -0.3 is 19.3 Å². The summed E-state index contributed by atoms with van der Waals surface area (Å²) in [5.74, 6) is -0.226. The number of guanidine groups is 1. The van der Waals surface area contributed by atoms with Crippen LogP contribution < -0.4 is 10.2 Å². The van der Waals surface area contributed by atoms with Gasteiger partial charge >= 0.3 is 12.2 Å². The fourth-order valence-corrected chi connectivity index (χ4v) is 2.97. The highest BCUT2D eigenvalue weighted by atomic mass is 19.1. The van der Waals surface area contributed by atoms with Gasteiger partial charge in [-0.3, -0.25) is 5.32 Å². The number of alkyl carbamates (subject to hydrolysis) is 1. The molecule has 1 N–H and O–H groups in total. The Hall–Kier alpha value is -2.84. The average molecular weight is 437 g/mol. The van der Waals surface area contributed by atoms with E-state index in [9.17, 15) is 14.0 Å². The van der Waals surface area contributed by atoms with E-state index in [-0.39, 0.29) is 11.8 Å². The van der Waals surface area contributed by atoms with Gasteiger partial charge in [-0.25, -0.2) is 14.0 Å². The topological polar surface area (TPSA) is 83.5 Å². The first-order chi connectivity index (χ1) is 14.2. The van der Waals surface area contributed by atoms with Gasteiger partial charge in [-0.15, -0.1) is 4.99 Å². The van der Waals surface area contributed by atoms with Gasteiger partial charge in [-0.05, 0) is 66.2 Å². The summed E-state index contributed by atoms with van der Waals surface area (Å²) in [7, 11) is 0. The third-order valence-corrected chi connectivity index (χ3v) is 4.23. The molecule has 1 aromatic rings. The largest absolute Gasteiger partial charge is 0.444 e. The predicted molar refractivity (Wildman–Crippen MR) is 118 cm³/mol. The molecule has 2 rings (SSSR count). The lowest BCUT2D eigenvalue weighted by atomic mass is 10.2. The zero-order valence-corrected chi connectivity index (χ0v) is 19.4. The Labute approximate surface area is 183 Å². The molecular weight excluding hydrogens is 403 g/mol. The number of carbonyl (C=O) groups is 2. The molecule has 0 atom stereocenters. The number of aryl methyl sites for hydroxylation is 1. The molecule has 1 aliphatic rings. The summed E-state index contributed by atoms with van der Waals surface area (Å²) in [6, 6.07) is 5.13. The SMILES string of the molecule is Cc1ccc(N2CCN(C(=NC(=O)OC(C)(C)C)NC(=O)OC(C)(C)C)CC2)c(F)c1. The van der Waals surface area contributed by atoms with E-state index in [4.69, 9.17) is 9.47 Å². The van der Waals surface area contributed by atoms with Crippen LogP contribution >= 0.6 is 0 Å². The molecule has 9 heteroatoms. The first-order valence-electron chi connectivity index (χ1n) is 10.3. The Balaban J connectivity index is 2.14. The number of hydrogen-bond acceptors (Lipinski definition) is 5. The Morgan fingerprint density at radius 3 is 2.10 bits per heavy atom. The second-order valence-electron chi connectivity index (χ2n) is 9.47. The van der Waals surface area contributed by atoms with Crippen molar-refractivity contribution in [2.45, 2.75) is 59.7 Å². The quantitative estimate of drug-likeness (QED) is 0.528. The van der Waals surface area contributed by atoms with Gasteiger partial charge in [0, 0.05) is 26.2 Å². The van der Waals surface area contributed by atoms with Crippen molar-refractivity contribution < 1.29 is 23.5 Å². The Bertz CT molecular complexity index is 835. The van der Waals surface area contributed by atoms with Gasteiger partial charge in [0.15, 0.2) is 0 Å². The minimum absolute atomic E-state index is 0.0486. The van der Waals surface area contributed by atoms with Crippen LogP contribution in [0.15, 0.2) is 23.2 Å². The molecule has 2 amide bonds. The summed E-state index contributed by atoms with van der Waals surface area (Å²) < 4.78 is 24.9. The van der Waals surface area contributed by atoms with E-state index < -0.39 is 23.4 Å². The van der Waals surface area contributed by atoms with Crippen LogP contribution in [-0.4, -0.2) is 60.4 Å². The van der Waals surface area contributed by atoms with Crippen LogP contribution in [0.25, 0.3) is 0 Å². The molecule has 0 bridgehead atoms. The van der Waals surface area contributed by atoms with Crippen LogP contribution in [0.4, 0.5) is 19.7 Å². The molecule has 31 heavy (non-hydrogen) atoms. The van der Waals surface area contributed by atoms with Crippen LogP contribution in [-0.2, 0) is 9.47 Å². The van der Waals surface area contributed by atoms with Gasteiger partial charge in [0.05, 0.1) is 5.69 Å². The fraction of sp³-hybridized carbons (Fsp3) is 0.591. The van der Waals surface area contributed by atoms with E-state index >= 15 is 0 Å². The third-order valence-electron chi connectivity index (χ3n) is 4.23. The molecule has 1 aromatic carbocycles.